The van der Waals surface area contributed by atoms with Crippen LogP contribution in [0.5, 0.6) is 0 Å². The maximum atomic E-state index is 12.8. The van der Waals surface area contributed by atoms with Crippen molar-refractivity contribution in [1.82, 2.24) is 14.9 Å². The highest BCUT2D eigenvalue weighted by Crippen LogP contribution is 2.25. The average Bonchev–Trinajstić information content (AvgIpc) is 2.79. The van der Waals surface area contributed by atoms with E-state index in [1.54, 1.807) is 0 Å². The lowest BCUT2D eigenvalue weighted by molar-refractivity contribution is 0.208. The first-order valence-corrected chi connectivity index (χ1v) is 11.6. The molecule has 1 N–H and O–H groups in total. The molecule has 1 aliphatic rings. The third-order valence-corrected chi connectivity index (χ3v) is 6.43. The van der Waals surface area contributed by atoms with Crippen LogP contribution in [0.3, 0.4) is 0 Å². The molecule has 6 heteroatoms. The zero-order chi connectivity index (χ0) is 23.5. The molecule has 0 saturated carbocycles. The summed E-state index contributed by atoms with van der Waals surface area (Å²) in [5.41, 5.74) is 7.93. The fraction of sp³-hybridized carbons (Fsp3) is 0.370. The number of piperazine rings is 1. The zero-order valence-electron chi connectivity index (χ0n) is 20.3. The molecule has 4 rings (SSSR count). The monoisotopic (exact) mass is 443 g/mol. The van der Waals surface area contributed by atoms with Crippen molar-refractivity contribution < 1.29 is 4.79 Å². The summed E-state index contributed by atoms with van der Waals surface area (Å²) in [6.07, 6.45) is 0.801. The van der Waals surface area contributed by atoms with Crippen LogP contribution in [0, 0.1) is 34.6 Å². The van der Waals surface area contributed by atoms with Gasteiger partial charge in [0.15, 0.2) is 0 Å². The zero-order valence-corrected chi connectivity index (χ0v) is 20.3. The van der Waals surface area contributed by atoms with Gasteiger partial charge >= 0.3 is 6.03 Å². The highest BCUT2D eigenvalue weighted by molar-refractivity contribution is 5.89. The molecule has 6 nitrogen and oxygen atoms in total. The summed E-state index contributed by atoms with van der Waals surface area (Å²) in [5.74, 6) is 1.78. The van der Waals surface area contributed by atoms with Gasteiger partial charge in [-0.1, -0.05) is 35.9 Å². The average molecular weight is 444 g/mol. The van der Waals surface area contributed by atoms with Crippen LogP contribution < -0.4 is 10.2 Å². The van der Waals surface area contributed by atoms with Gasteiger partial charge in [0.1, 0.15) is 11.6 Å². The van der Waals surface area contributed by atoms with E-state index < -0.39 is 0 Å². The molecule has 1 aliphatic heterocycles. The molecule has 2 amide bonds. The standard InChI is InChI=1S/C27H33N5O/c1-18-6-9-23(10-7-18)17-25-21(4)28-22(5)29-26(25)31-12-14-32(15-13-31)27(33)30-24-11-8-19(2)20(3)16-24/h6-11,16H,12-15,17H2,1-5H3,(H,30,33). The Labute approximate surface area is 196 Å². The largest absolute Gasteiger partial charge is 0.353 e. The van der Waals surface area contributed by atoms with Gasteiger partial charge in [-0.05, 0) is 63.4 Å². The van der Waals surface area contributed by atoms with Crippen molar-refractivity contribution in [2.75, 3.05) is 36.4 Å². The second-order valence-electron chi connectivity index (χ2n) is 9.02. The summed E-state index contributed by atoms with van der Waals surface area (Å²) < 4.78 is 0. The summed E-state index contributed by atoms with van der Waals surface area (Å²) in [6.45, 7) is 13.0. The Morgan fingerprint density at radius 1 is 0.879 bits per heavy atom. The number of nitrogens with one attached hydrogen (secondary N) is 1. The Hall–Kier alpha value is -3.41. The molecule has 33 heavy (non-hydrogen) atoms. The van der Waals surface area contributed by atoms with Crippen LogP contribution in [0.15, 0.2) is 42.5 Å². The molecule has 172 valence electrons. The molecule has 3 aromatic rings. The Bertz CT molecular complexity index is 1150. The highest BCUT2D eigenvalue weighted by Gasteiger charge is 2.25. The first-order valence-electron chi connectivity index (χ1n) is 11.6. The number of nitrogens with zero attached hydrogens (tertiary/aromatic N) is 4. The number of urea groups is 1. The number of amides is 2. The van der Waals surface area contributed by atoms with E-state index in [0.29, 0.717) is 13.1 Å². The summed E-state index contributed by atoms with van der Waals surface area (Å²) >= 11 is 0. The van der Waals surface area contributed by atoms with Gasteiger partial charge in [-0.15, -0.1) is 0 Å². The maximum absolute atomic E-state index is 12.8. The first-order chi connectivity index (χ1) is 15.8. The van der Waals surface area contributed by atoms with Gasteiger partial charge in [-0.25, -0.2) is 14.8 Å². The fourth-order valence-corrected chi connectivity index (χ4v) is 4.24. The molecule has 1 aromatic heterocycles. The second-order valence-corrected chi connectivity index (χ2v) is 9.02. The van der Waals surface area contributed by atoms with E-state index in [1.807, 2.05) is 30.0 Å². The second kappa shape index (κ2) is 9.61. The number of hydrogen-bond donors (Lipinski definition) is 1. The van der Waals surface area contributed by atoms with E-state index in [4.69, 9.17) is 4.98 Å². The Kier molecular flexibility index (Phi) is 6.63. The molecule has 0 unspecified atom stereocenters. The van der Waals surface area contributed by atoms with Crippen molar-refractivity contribution in [3.8, 4) is 0 Å². The van der Waals surface area contributed by atoms with Crippen LogP contribution in [0.1, 0.15) is 39.3 Å². The van der Waals surface area contributed by atoms with Gasteiger partial charge in [0, 0.05) is 49.5 Å². The molecule has 0 radical (unpaired) electrons. The number of carbonyl (C=O) groups excluding carboxylic acids is 1. The van der Waals surface area contributed by atoms with Gasteiger partial charge in [-0.3, -0.25) is 0 Å². The molecule has 0 aliphatic carbocycles. The molecule has 0 spiro atoms. The lowest BCUT2D eigenvalue weighted by Crippen LogP contribution is -2.50. The third kappa shape index (κ3) is 5.33. The molecule has 2 aromatic carbocycles. The van der Waals surface area contributed by atoms with Crippen LogP contribution in [-0.4, -0.2) is 47.1 Å². The number of hydrogen-bond acceptors (Lipinski definition) is 4. The Morgan fingerprint density at radius 3 is 2.24 bits per heavy atom. The van der Waals surface area contributed by atoms with Crippen molar-refractivity contribution in [3.05, 3.63) is 81.8 Å². The normalized spacial score (nSPS) is 13.8. The van der Waals surface area contributed by atoms with Gasteiger partial charge in [0.25, 0.3) is 0 Å². The van der Waals surface area contributed by atoms with Crippen LogP contribution in [0.4, 0.5) is 16.3 Å². The predicted molar refractivity (Wildman–Crippen MR) is 134 cm³/mol. The molecule has 0 bridgehead atoms. The van der Waals surface area contributed by atoms with Crippen LogP contribution in [0.25, 0.3) is 0 Å². The van der Waals surface area contributed by atoms with E-state index in [2.05, 4.69) is 67.2 Å². The van der Waals surface area contributed by atoms with E-state index in [-0.39, 0.29) is 6.03 Å². The quantitative estimate of drug-likeness (QED) is 0.619. The van der Waals surface area contributed by atoms with Crippen molar-refractivity contribution in [3.63, 3.8) is 0 Å². The van der Waals surface area contributed by atoms with Crippen LogP contribution in [0.2, 0.25) is 0 Å². The Balaban J connectivity index is 1.46. The minimum absolute atomic E-state index is 0.0483. The van der Waals surface area contributed by atoms with Gasteiger partial charge < -0.3 is 15.1 Å². The van der Waals surface area contributed by atoms with Crippen molar-refractivity contribution in [1.29, 1.82) is 0 Å². The number of aryl methyl sites for hydroxylation is 5. The molecule has 2 heterocycles. The number of aromatic nitrogens is 2. The number of rotatable bonds is 4. The van der Waals surface area contributed by atoms with E-state index in [1.165, 1.54) is 22.3 Å². The molecular formula is C27H33N5O. The van der Waals surface area contributed by atoms with Gasteiger partial charge in [0.2, 0.25) is 0 Å². The summed E-state index contributed by atoms with van der Waals surface area (Å²) in [7, 11) is 0. The van der Waals surface area contributed by atoms with E-state index in [9.17, 15) is 4.79 Å². The van der Waals surface area contributed by atoms with E-state index in [0.717, 1.165) is 48.1 Å². The predicted octanol–water partition coefficient (Wildman–Crippen LogP) is 4.96. The lowest BCUT2D eigenvalue weighted by atomic mass is 10.0. The smallest absolute Gasteiger partial charge is 0.321 e. The number of benzene rings is 2. The highest BCUT2D eigenvalue weighted by atomic mass is 16.2. The van der Waals surface area contributed by atoms with Crippen molar-refractivity contribution in [2.45, 2.75) is 41.0 Å². The van der Waals surface area contributed by atoms with Gasteiger partial charge in [0.05, 0.1) is 0 Å². The number of carbonyl (C=O) groups is 1. The van der Waals surface area contributed by atoms with Gasteiger partial charge in [-0.2, -0.15) is 0 Å². The Morgan fingerprint density at radius 2 is 1.58 bits per heavy atom. The first kappa shape index (κ1) is 22.8. The summed E-state index contributed by atoms with van der Waals surface area (Å²) in [5, 5.41) is 3.04. The van der Waals surface area contributed by atoms with Crippen molar-refractivity contribution >= 4 is 17.5 Å². The summed E-state index contributed by atoms with van der Waals surface area (Å²) in [6, 6.07) is 14.6. The minimum atomic E-state index is -0.0483. The van der Waals surface area contributed by atoms with Crippen LogP contribution in [-0.2, 0) is 6.42 Å². The maximum Gasteiger partial charge on any atom is 0.321 e. The van der Waals surface area contributed by atoms with E-state index >= 15 is 0 Å². The molecular weight excluding hydrogens is 410 g/mol. The van der Waals surface area contributed by atoms with Crippen molar-refractivity contribution in [2.24, 2.45) is 0 Å². The van der Waals surface area contributed by atoms with Crippen LogP contribution >= 0.6 is 0 Å². The minimum Gasteiger partial charge on any atom is -0.353 e. The molecule has 1 saturated heterocycles. The SMILES string of the molecule is Cc1ccc(Cc2c(C)nc(C)nc2N2CCN(C(=O)Nc3ccc(C)c(C)c3)CC2)cc1. The molecule has 1 fully saturated rings. The lowest BCUT2D eigenvalue weighted by Gasteiger charge is -2.36. The topological polar surface area (TPSA) is 61.4 Å². The third-order valence-electron chi connectivity index (χ3n) is 6.43. The summed E-state index contributed by atoms with van der Waals surface area (Å²) in [4.78, 5) is 26.5. The fourth-order valence-electron chi connectivity index (χ4n) is 4.24. The molecule has 0 atom stereocenters. The number of anilines is 2.